The van der Waals surface area contributed by atoms with Crippen LogP contribution >= 0.6 is 0 Å². The normalized spacial score (nSPS) is 22.4. The summed E-state index contributed by atoms with van der Waals surface area (Å²) >= 11 is 0. The Kier molecular flexibility index (Phi) is 7.66. The van der Waals surface area contributed by atoms with Gasteiger partial charge >= 0.3 is 11.9 Å². The van der Waals surface area contributed by atoms with Crippen LogP contribution in [0.15, 0.2) is 30.3 Å². The Morgan fingerprint density at radius 1 is 0.900 bits per heavy atom. The van der Waals surface area contributed by atoms with E-state index in [1.54, 1.807) is 41.5 Å². The maximum Gasteiger partial charge on any atom is 0.323 e. The van der Waals surface area contributed by atoms with Gasteiger partial charge in [-0.05, 0) is 47.1 Å². The third-order valence-electron chi connectivity index (χ3n) is 5.02. The molecule has 0 spiro atoms. The predicted molar refractivity (Wildman–Crippen MR) is 116 cm³/mol. The fourth-order valence-electron chi connectivity index (χ4n) is 3.76. The second-order valence-electron chi connectivity index (χ2n) is 10.1. The average Bonchev–Trinajstić information content (AvgIpc) is 3.01. The number of ether oxygens (including phenoxy) is 2. The van der Waals surface area contributed by atoms with Gasteiger partial charge in [0.05, 0.1) is 0 Å². The zero-order valence-corrected chi connectivity index (χ0v) is 19.1. The van der Waals surface area contributed by atoms with Crippen LogP contribution in [0.3, 0.4) is 0 Å². The van der Waals surface area contributed by atoms with E-state index in [1.165, 1.54) is 0 Å². The highest BCUT2D eigenvalue weighted by Crippen LogP contribution is 2.31. The molecule has 7 heteroatoms. The van der Waals surface area contributed by atoms with Gasteiger partial charge in [-0.2, -0.15) is 0 Å². The molecule has 1 aromatic rings. The lowest BCUT2D eigenvalue weighted by molar-refractivity contribution is -0.161. The van der Waals surface area contributed by atoms with Crippen molar-refractivity contribution >= 4 is 11.9 Å². The molecule has 1 aliphatic heterocycles. The summed E-state index contributed by atoms with van der Waals surface area (Å²) in [5, 5.41) is 0. The van der Waals surface area contributed by atoms with E-state index in [4.69, 9.17) is 20.9 Å². The van der Waals surface area contributed by atoms with Gasteiger partial charge in [-0.25, -0.2) is 0 Å². The Labute approximate surface area is 180 Å². The van der Waals surface area contributed by atoms with Crippen molar-refractivity contribution in [3.05, 3.63) is 35.9 Å². The molecule has 2 rings (SSSR count). The number of hydrogen-bond donors (Lipinski definition) is 2. The van der Waals surface area contributed by atoms with Crippen molar-refractivity contribution in [3.63, 3.8) is 0 Å². The molecule has 4 N–H and O–H groups in total. The van der Waals surface area contributed by atoms with Crippen LogP contribution in [-0.2, 0) is 25.6 Å². The van der Waals surface area contributed by atoms with Gasteiger partial charge in [0.15, 0.2) is 0 Å². The van der Waals surface area contributed by atoms with Gasteiger partial charge in [0.1, 0.15) is 23.3 Å². The number of carbonyl (C=O) groups is 2. The minimum absolute atomic E-state index is 0.314. The van der Waals surface area contributed by atoms with Crippen molar-refractivity contribution in [3.8, 4) is 0 Å². The first-order valence-electron chi connectivity index (χ1n) is 10.5. The molecule has 0 aliphatic carbocycles. The van der Waals surface area contributed by atoms with Crippen molar-refractivity contribution < 1.29 is 19.1 Å². The molecule has 0 amide bonds. The molecule has 0 bridgehead atoms. The highest BCUT2D eigenvalue weighted by molar-refractivity contribution is 5.78. The monoisotopic (exact) mass is 419 g/mol. The van der Waals surface area contributed by atoms with Crippen LogP contribution in [0.5, 0.6) is 0 Å². The number of esters is 2. The van der Waals surface area contributed by atoms with Gasteiger partial charge in [-0.15, -0.1) is 0 Å². The Balaban J connectivity index is 2.20. The second kappa shape index (κ2) is 9.45. The zero-order valence-electron chi connectivity index (χ0n) is 19.1. The van der Waals surface area contributed by atoms with Crippen LogP contribution in [-0.4, -0.2) is 53.2 Å². The first-order chi connectivity index (χ1) is 13.8. The van der Waals surface area contributed by atoms with E-state index in [-0.39, 0.29) is 11.8 Å². The largest absolute Gasteiger partial charge is 0.459 e. The summed E-state index contributed by atoms with van der Waals surface area (Å²) in [6.07, 6.45) is 0. The molecule has 4 atom stereocenters. The third-order valence-corrected chi connectivity index (χ3v) is 5.02. The summed E-state index contributed by atoms with van der Waals surface area (Å²) < 4.78 is 11.0. The molecule has 168 valence electrons. The maximum absolute atomic E-state index is 12.7. The fraction of sp³-hybridized carbons (Fsp3) is 0.652. The van der Waals surface area contributed by atoms with Crippen LogP contribution in [0, 0.1) is 11.8 Å². The molecule has 1 heterocycles. The molecule has 4 unspecified atom stereocenters. The van der Waals surface area contributed by atoms with Gasteiger partial charge in [-0.3, -0.25) is 14.5 Å². The van der Waals surface area contributed by atoms with E-state index in [0.717, 1.165) is 5.56 Å². The quantitative estimate of drug-likeness (QED) is 0.680. The van der Waals surface area contributed by atoms with Crippen LogP contribution in [0.4, 0.5) is 0 Å². The topological polar surface area (TPSA) is 108 Å². The van der Waals surface area contributed by atoms with Gasteiger partial charge in [0.2, 0.25) is 0 Å². The predicted octanol–water partition coefficient (Wildman–Crippen LogP) is 2.07. The Morgan fingerprint density at radius 2 is 1.30 bits per heavy atom. The van der Waals surface area contributed by atoms with Crippen molar-refractivity contribution in [1.29, 1.82) is 0 Å². The lowest BCUT2D eigenvalue weighted by Gasteiger charge is -2.30. The minimum Gasteiger partial charge on any atom is -0.459 e. The van der Waals surface area contributed by atoms with Crippen molar-refractivity contribution in [1.82, 2.24) is 4.90 Å². The van der Waals surface area contributed by atoms with E-state index in [1.807, 2.05) is 30.3 Å². The number of rotatable bonds is 6. The highest BCUT2D eigenvalue weighted by atomic mass is 16.6. The van der Waals surface area contributed by atoms with E-state index in [9.17, 15) is 9.59 Å². The van der Waals surface area contributed by atoms with Crippen LogP contribution in [0.2, 0.25) is 0 Å². The number of likely N-dealkylation sites (tertiary alicyclic amines) is 1. The summed E-state index contributed by atoms with van der Waals surface area (Å²) in [4.78, 5) is 27.5. The number of nitrogens with zero attached hydrogens (tertiary/aromatic N) is 1. The van der Waals surface area contributed by atoms with Gasteiger partial charge in [0, 0.05) is 31.5 Å². The summed E-state index contributed by atoms with van der Waals surface area (Å²) in [5.74, 6) is -1.58. The SMILES string of the molecule is CC(C)(C)OC(=O)C(N)C1CN(Cc2ccccc2)CC1C(N)C(=O)OC(C)(C)C. The number of nitrogens with two attached hydrogens (primary N) is 2. The Bertz CT molecular complexity index is 682. The molecule has 0 aromatic heterocycles. The van der Waals surface area contributed by atoms with Crippen molar-refractivity contribution in [2.24, 2.45) is 23.3 Å². The van der Waals surface area contributed by atoms with Crippen LogP contribution in [0.1, 0.15) is 47.1 Å². The molecular formula is C23H37N3O4. The van der Waals surface area contributed by atoms with Crippen molar-refractivity contribution in [2.45, 2.75) is 71.4 Å². The molecule has 7 nitrogen and oxygen atoms in total. The van der Waals surface area contributed by atoms with E-state index >= 15 is 0 Å². The molecule has 0 radical (unpaired) electrons. The molecule has 0 saturated carbocycles. The molecule has 1 aromatic carbocycles. The fourth-order valence-corrected chi connectivity index (χ4v) is 3.76. The van der Waals surface area contributed by atoms with E-state index in [2.05, 4.69) is 4.90 Å². The summed E-state index contributed by atoms with van der Waals surface area (Å²) in [6, 6.07) is 8.29. The highest BCUT2D eigenvalue weighted by Gasteiger charge is 2.45. The third kappa shape index (κ3) is 7.07. The summed E-state index contributed by atoms with van der Waals surface area (Å²) in [7, 11) is 0. The molecule has 1 fully saturated rings. The van der Waals surface area contributed by atoms with E-state index < -0.39 is 35.2 Å². The standard InChI is InChI=1S/C23H37N3O4/c1-22(2,3)29-20(27)18(24)16-13-26(12-15-10-8-7-9-11-15)14-17(16)19(25)21(28)30-23(4,5)6/h7-11,16-19H,12-14,24-25H2,1-6H3. The average molecular weight is 420 g/mol. The molecular weight excluding hydrogens is 382 g/mol. The minimum atomic E-state index is -0.872. The summed E-state index contributed by atoms with van der Waals surface area (Å²) in [5.41, 5.74) is 12.5. The lowest BCUT2D eigenvalue weighted by atomic mass is 9.84. The maximum atomic E-state index is 12.7. The molecule has 30 heavy (non-hydrogen) atoms. The van der Waals surface area contributed by atoms with Crippen LogP contribution < -0.4 is 11.5 Å². The molecule has 1 saturated heterocycles. The first-order valence-corrected chi connectivity index (χ1v) is 10.5. The lowest BCUT2D eigenvalue weighted by Crippen LogP contribution is -2.51. The number of hydrogen-bond acceptors (Lipinski definition) is 7. The zero-order chi connectivity index (χ0) is 22.7. The van der Waals surface area contributed by atoms with Gasteiger partial charge in [0.25, 0.3) is 0 Å². The summed E-state index contributed by atoms with van der Waals surface area (Å²) in [6.45, 7) is 12.6. The van der Waals surface area contributed by atoms with Gasteiger partial charge < -0.3 is 20.9 Å². The molecule has 1 aliphatic rings. The van der Waals surface area contributed by atoms with E-state index in [0.29, 0.717) is 19.6 Å². The van der Waals surface area contributed by atoms with Gasteiger partial charge in [-0.1, -0.05) is 30.3 Å². The van der Waals surface area contributed by atoms with Crippen molar-refractivity contribution in [2.75, 3.05) is 13.1 Å². The van der Waals surface area contributed by atoms with Crippen LogP contribution in [0.25, 0.3) is 0 Å². The number of benzene rings is 1. The second-order valence-corrected chi connectivity index (χ2v) is 10.1. The smallest absolute Gasteiger partial charge is 0.323 e. The first kappa shape index (κ1) is 24.3. The Hall–Kier alpha value is -1.96. The number of carbonyl (C=O) groups excluding carboxylic acids is 2. The Morgan fingerprint density at radius 3 is 1.67 bits per heavy atom.